The van der Waals surface area contributed by atoms with Gasteiger partial charge in [0.15, 0.2) is 0 Å². The third-order valence-electron chi connectivity index (χ3n) is 3.43. The number of amides is 1. The van der Waals surface area contributed by atoms with Crippen LogP contribution in [0.5, 0.6) is 5.75 Å². The van der Waals surface area contributed by atoms with Crippen LogP contribution in [-0.2, 0) is 4.79 Å². The Bertz CT molecular complexity index is 500. The summed E-state index contributed by atoms with van der Waals surface area (Å²) < 4.78 is 5.02. The second-order valence-electron chi connectivity index (χ2n) is 5.02. The smallest absolute Gasteiger partial charge is 0.308 e. The van der Waals surface area contributed by atoms with E-state index in [1.807, 2.05) is 0 Å². The lowest BCUT2D eigenvalue weighted by Crippen LogP contribution is -2.45. The topological polar surface area (TPSA) is 75.6 Å². The molecule has 0 aromatic heterocycles. The summed E-state index contributed by atoms with van der Waals surface area (Å²) in [5.41, 5.74) is 0.306. The highest BCUT2D eigenvalue weighted by molar-refractivity contribution is 5.97. The van der Waals surface area contributed by atoms with Gasteiger partial charge < -0.3 is 15.2 Å². The molecular formula is C15H19NO4. The third-order valence-corrected chi connectivity index (χ3v) is 3.43. The van der Waals surface area contributed by atoms with E-state index in [-0.39, 0.29) is 17.7 Å². The van der Waals surface area contributed by atoms with E-state index in [4.69, 9.17) is 4.74 Å². The number of rotatable bonds is 3. The van der Waals surface area contributed by atoms with Gasteiger partial charge in [-0.25, -0.2) is 0 Å². The van der Waals surface area contributed by atoms with Crippen molar-refractivity contribution in [3.63, 3.8) is 0 Å². The molecule has 0 unspecified atom stereocenters. The average Bonchev–Trinajstić information content (AvgIpc) is 2.41. The SMILES string of the molecule is CC(=O)Oc1ccccc1C(=O)N[C@@H]1CCCC[C@H]1O. The van der Waals surface area contributed by atoms with Crippen LogP contribution in [0.3, 0.4) is 0 Å². The Morgan fingerprint density at radius 2 is 1.95 bits per heavy atom. The third kappa shape index (κ3) is 3.57. The Morgan fingerprint density at radius 3 is 2.65 bits per heavy atom. The van der Waals surface area contributed by atoms with E-state index in [0.29, 0.717) is 12.0 Å². The maximum atomic E-state index is 12.2. The fourth-order valence-electron chi connectivity index (χ4n) is 2.42. The van der Waals surface area contributed by atoms with Crippen molar-refractivity contribution in [3.8, 4) is 5.75 Å². The van der Waals surface area contributed by atoms with Crippen LogP contribution >= 0.6 is 0 Å². The Morgan fingerprint density at radius 1 is 1.25 bits per heavy atom. The lowest BCUT2D eigenvalue weighted by molar-refractivity contribution is -0.131. The van der Waals surface area contributed by atoms with Crippen LogP contribution in [0.2, 0.25) is 0 Å². The summed E-state index contributed by atoms with van der Waals surface area (Å²) in [6.07, 6.45) is 2.94. The fraction of sp³-hybridized carbons (Fsp3) is 0.467. The molecule has 1 amide bonds. The van der Waals surface area contributed by atoms with E-state index in [1.165, 1.54) is 6.92 Å². The zero-order valence-electron chi connectivity index (χ0n) is 11.5. The first kappa shape index (κ1) is 14.5. The quantitative estimate of drug-likeness (QED) is 0.650. The van der Waals surface area contributed by atoms with Gasteiger partial charge in [0, 0.05) is 6.92 Å². The van der Waals surface area contributed by atoms with E-state index < -0.39 is 12.1 Å². The summed E-state index contributed by atoms with van der Waals surface area (Å²) in [5, 5.41) is 12.7. The first-order valence-corrected chi connectivity index (χ1v) is 6.84. The van der Waals surface area contributed by atoms with Gasteiger partial charge in [-0.1, -0.05) is 25.0 Å². The van der Waals surface area contributed by atoms with Crippen LogP contribution in [0.4, 0.5) is 0 Å². The largest absolute Gasteiger partial charge is 0.426 e. The highest BCUT2D eigenvalue weighted by Gasteiger charge is 2.25. The average molecular weight is 277 g/mol. The number of hydrogen-bond donors (Lipinski definition) is 2. The maximum absolute atomic E-state index is 12.2. The molecular weight excluding hydrogens is 258 g/mol. The second kappa shape index (κ2) is 6.52. The van der Waals surface area contributed by atoms with Crippen molar-refractivity contribution in [1.29, 1.82) is 0 Å². The van der Waals surface area contributed by atoms with Crippen LogP contribution in [0.15, 0.2) is 24.3 Å². The van der Waals surface area contributed by atoms with Crippen molar-refractivity contribution < 1.29 is 19.4 Å². The summed E-state index contributed by atoms with van der Waals surface area (Å²) in [5.74, 6) is -0.557. The van der Waals surface area contributed by atoms with Crippen molar-refractivity contribution in [2.24, 2.45) is 0 Å². The van der Waals surface area contributed by atoms with Gasteiger partial charge in [-0.3, -0.25) is 9.59 Å². The van der Waals surface area contributed by atoms with Gasteiger partial charge in [-0.2, -0.15) is 0 Å². The first-order valence-electron chi connectivity index (χ1n) is 6.84. The van der Waals surface area contributed by atoms with Crippen LogP contribution in [0, 0.1) is 0 Å². The molecule has 1 aliphatic carbocycles. The number of para-hydroxylation sites is 1. The van der Waals surface area contributed by atoms with E-state index in [2.05, 4.69) is 5.32 Å². The van der Waals surface area contributed by atoms with Gasteiger partial charge >= 0.3 is 5.97 Å². The number of ether oxygens (including phenoxy) is 1. The summed E-state index contributed by atoms with van der Waals surface area (Å²) in [6, 6.07) is 6.35. The highest BCUT2D eigenvalue weighted by atomic mass is 16.5. The minimum Gasteiger partial charge on any atom is -0.426 e. The Kier molecular flexibility index (Phi) is 4.74. The summed E-state index contributed by atoms with van der Waals surface area (Å²) in [6.45, 7) is 1.29. The number of nitrogens with one attached hydrogen (secondary N) is 1. The molecule has 2 rings (SSSR count). The van der Waals surface area contributed by atoms with Gasteiger partial charge in [-0.05, 0) is 25.0 Å². The molecule has 0 saturated heterocycles. The summed E-state index contributed by atoms with van der Waals surface area (Å²) >= 11 is 0. The number of aliphatic hydroxyl groups excluding tert-OH is 1. The molecule has 2 N–H and O–H groups in total. The van der Waals surface area contributed by atoms with Crippen LogP contribution in [-0.4, -0.2) is 29.1 Å². The molecule has 1 fully saturated rings. The molecule has 5 nitrogen and oxygen atoms in total. The van der Waals surface area contributed by atoms with Crippen molar-refractivity contribution in [2.45, 2.75) is 44.8 Å². The molecule has 0 heterocycles. The Balaban J connectivity index is 2.10. The van der Waals surface area contributed by atoms with Gasteiger partial charge in [0.1, 0.15) is 5.75 Å². The van der Waals surface area contributed by atoms with Gasteiger partial charge in [0.2, 0.25) is 0 Å². The standard InChI is InChI=1S/C15H19NO4/c1-10(17)20-14-9-5-2-6-11(14)15(19)16-12-7-3-4-8-13(12)18/h2,5-6,9,12-13,18H,3-4,7-8H2,1H3,(H,16,19)/t12-,13-/m1/s1. The van der Waals surface area contributed by atoms with E-state index in [1.54, 1.807) is 24.3 Å². The number of carbonyl (C=O) groups excluding carboxylic acids is 2. The first-order chi connectivity index (χ1) is 9.58. The van der Waals surface area contributed by atoms with Gasteiger partial charge in [-0.15, -0.1) is 0 Å². The highest BCUT2D eigenvalue weighted by Crippen LogP contribution is 2.21. The molecule has 1 aliphatic rings. The summed E-state index contributed by atoms with van der Waals surface area (Å²) in [4.78, 5) is 23.3. The second-order valence-corrected chi connectivity index (χ2v) is 5.02. The lowest BCUT2D eigenvalue weighted by atomic mass is 9.92. The molecule has 108 valence electrons. The molecule has 1 saturated carbocycles. The predicted octanol–water partition coefficient (Wildman–Crippen LogP) is 1.65. The summed E-state index contributed by atoms with van der Waals surface area (Å²) in [7, 11) is 0. The molecule has 2 atom stereocenters. The van der Waals surface area contributed by atoms with E-state index >= 15 is 0 Å². The Labute approximate surface area is 117 Å². The maximum Gasteiger partial charge on any atom is 0.308 e. The molecule has 0 bridgehead atoms. The van der Waals surface area contributed by atoms with Crippen molar-refractivity contribution in [1.82, 2.24) is 5.32 Å². The zero-order chi connectivity index (χ0) is 14.5. The fourth-order valence-corrected chi connectivity index (χ4v) is 2.42. The van der Waals surface area contributed by atoms with E-state index in [0.717, 1.165) is 19.3 Å². The number of carbonyl (C=O) groups is 2. The predicted molar refractivity (Wildman–Crippen MR) is 73.5 cm³/mol. The van der Waals surface area contributed by atoms with Crippen molar-refractivity contribution >= 4 is 11.9 Å². The molecule has 1 aromatic rings. The molecule has 1 aromatic carbocycles. The number of aliphatic hydroxyl groups is 1. The molecule has 0 aliphatic heterocycles. The lowest BCUT2D eigenvalue weighted by Gasteiger charge is -2.28. The van der Waals surface area contributed by atoms with E-state index in [9.17, 15) is 14.7 Å². The van der Waals surface area contributed by atoms with Crippen LogP contribution in [0.1, 0.15) is 43.0 Å². The minimum absolute atomic E-state index is 0.235. The normalized spacial score (nSPS) is 22.1. The van der Waals surface area contributed by atoms with Crippen molar-refractivity contribution in [2.75, 3.05) is 0 Å². The zero-order valence-corrected chi connectivity index (χ0v) is 11.5. The van der Waals surface area contributed by atoms with Crippen LogP contribution in [0.25, 0.3) is 0 Å². The molecule has 0 radical (unpaired) electrons. The molecule has 20 heavy (non-hydrogen) atoms. The Hall–Kier alpha value is -1.88. The van der Waals surface area contributed by atoms with Gasteiger partial charge in [0.05, 0.1) is 17.7 Å². The molecule has 5 heteroatoms. The van der Waals surface area contributed by atoms with Gasteiger partial charge in [0.25, 0.3) is 5.91 Å². The van der Waals surface area contributed by atoms with Crippen molar-refractivity contribution in [3.05, 3.63) is 29.8 Å². The minimum atomic E-state index is -0.506. The number of benzene rings is 1. The number of esters is 1. The molecule has 0 spiro atoms. The monoisotopic (exact) mass is 277 g/mol. The van der Waals surface area contributed by atoms with Crippen LogP contribution < -0.4 is 10.1 Å². The number of hydrogen-bond acceptors (Lipinski definition) is 4.